The highest BCUT2D eigenvalue weighted by atomic mass is 15.0. The van der Waals surface area contributed by atoms with Crippen molar-refractivity contribution in [1.29, 1.82) is 0 Å². The molecule has 2 aromatic rings. The molecule has 0 fully saturated rings. The third kappa shape index (κ3) is 2.93. The number of hydrogen-bond acceptors (Lipinski definition) is 5. The molecule has 0 spiro atoms. The maximum absolute atomic E-state index is 6.01. The summed E-state index contributed by atoms with van der Waals surface area (Å²) in [4.78, 5) is 8.38. The van der Waals surface area contributed by atoms with Crippen molar-refractivity contribution in [3.8, 4) is 11.1 Å². The molecule has 6 N–H and O–H groups in total. The van der Waals surface area contributed by atoms with Crippen LogP contribution in [0.4, 0.5) is 17.5 Å². The van der Waals surface area contributed by atoms with Crippen molar-refractivity contribution < 1.29 is 0 Å². The Morgan fingerprint density at radius 3 is 2.21 bits per heavy atom. The number of aromatic nitrogens is 2. The van der Waals surface area contributed by atoms with E-state index in [9.17, 15) is 0 Å². The third-order valence-electron chi connectivity index (χ3n) is 2.83. The van der Waals surface area contributed by atoms with Gasteiger partial charge in [-0.05, 0) is 30.0 Å². The van der Waals surface area contributed by atoms with E-state index in [1.165, 1.54) is 0 Å². The maximum atomic E-state index is 6.01. The number of hydrogen-bond donors (Lipinski definition) is 3. The Morgan fingerprint density at radius 1 is 1.00 bits per heavy atom. The number of nitrogens with two attached hydrogens (primary N) is 3. The first kappa shape index (κ1) is 13.1. The summed E-state index contributed by atoms with van der Waals surface area (Å²) in [5.41, 5.74) is 20.8. The highest BCUT2D eigenvalue weighted by molar-refractivity contribution is 5.77. The quantitative estimate of drug-likeness (QED) is 0.730. The van der Waals surface area contributed by atoms with Crippen LogP contribution in [-0.4, -0.2) is 9.97 Å². The summed E-state index contributed by atoms with van der Waals surface area (Å²) in [6, 6.07) is 7.52. The Morgan fingerprint density at radius 2 is 1.63 bits per heavy atom. The monoisotopic (exact) mass is 257 g/mol. The molecule has 0 saturated heterocycles. The first-order valence-electron chi connectivity index (χ1n) is 6.25. The van der Waals surface area contributed by atoms with Gasteiger partial charge in [-0.2, -0.15) is 4.98 Å². The Hall–Kier alpha value is -2.30. The van der Waals surface area contributed by atoms with Gasteiger partial charge in [0.25, 0.3) is 0 Å². The van der Waals surface area contributed by atoms with Gasteiger partial charge >= 0.3 is 0 Å². The molecule has 0 aliphatic carbocycles. The van der Waals surface area contributed by atoms with E-state index in [4.69, 9.17) is 17.2 Å². The minimum Gasteiger partial charge on any atom is -0.399 e. The first-order chi connectivity index (χ1) is 8.97. The Labute approximate surface area is 112 Å². The zero-order valence-corrected chi connectivity index (χ0v) is 11.2. The second-order valence-electron chi connectivity index (χ2n) is 5.01. The van der Waals surface area contributed by atoms with E-state index in [-0.39, 0.29) is 5.95 Å². The van der Waals surface area contributed by atoms with Crippen molar-refractivity contribution in [2.75, 3.05) is 17.2 Å². The van der Waals surface area contributed by atoms with Gasteiger partial charge in [-0.15, -0.1) is 0 Å². The predicted molar refractivity (Wildman–Crippen MR) is 79.2 cm³/mol. The summed E-state index contributed by atoms with van der Waals surface area (Å²) in [6.07, 6.45) is 0.802. The molecule has 0 radical (unpaired) electrons. The standard InChI is InChI=1S/C14H19N5/c1-8(2)7-11-12(13(16)19-14(17)18-11)9-3-5-10(15)6-4-9/h3-6,8H,7,15H2,1-2H3,(H4,16,17,18,19). The molecule has 100 valence electrons. The van der Waals surface area contributed by atoms with Crippen molar-refractivity contribution in [2.45, 2.75) is 20.3 Å². The van der Waals surface area contributed by atoms with E-state index in [1.54, 1.807) is 0 Å². The molecule has 0 saturated carbocycles. The zero-order chi connectivity index (χ0) is 14.0. The van der Waals surface area contributed by atoms with Crippen LogP contribution in [0.5, 0.6) is 0 Å². The molecule has 5 nitrogen and oxygen atoms in total. The van der Waals surface area contributed by atoms with Crippen molar-refractivity contribution in [1.82, 2.24) is 9.97 Å². The Kier molecular flexibility index (Phi) is 3.55. The summed E-state index contributed by atoms with van der Waals surface area (Å²) in [7, 11) is 0. The number of benzene rings is 1. The third-order valence-corrected chi connectivity index (χ3v) is 2.83. The van der Waals surface area contributed by atoms with Gasteiger partial charge in [-0.25, -0.2) is 4.98 Å². The van der Waals surface area contributed by atoms with E-state index < -0.39 is 0 Å². The topological polar surface area (TPSA) is 104 Å². The first-order valence-corrected chi connectivity index (χ1v) is 6.25. The van der Waals surface area contributed by atoms with Gasteiger partial charge in [0, 0.05) is 11.3 Å². The van der Waals surface area contributed by atoms with Crippen LogP contribution in [0.1, 0.15) is 19.5 Å². The van der Waals surface area contributed by atoms with Crippen molar-refractivity contribution in [2.24, 2.45) is 5.92 Å². The molecular weight excluding hydrogens is 238 g/mol. The van der Waals surface area contributed by atoms with Crippen LogP contribution in [0.2, 0.25) is 0 Å². The number of nitrogen functional groups attached to an aromatic ring is 3. The molecule has 0 aliphatic heterocycles. The van der Waals surface area contributed by atoms with Gasteiger partial charge in [0.15, 0.2) is 0 Å². The van der Waals surface area contributed by atoms with Gasteiger partial charge in [0.1, 0.15) is 5.82 Å². The van der Waals surface area contributed by atoms with E-state index >= 15 is 0 Å². The summed E-state index contributed by atoms with van der Waals surface area (Å²) in [5.74, 6) is 1.08. The molecule has 1 aromatic carbocycles. The highest BCUT2D eigenvalue weighted by Crippen LogP contribution is 2.30. The lowest BCUT2D eigenvalue weighted by Crippen LogP contribution is -2.08. The van der Waals surface area contributed by atoms with Crippen LogP contribution in [0.15, 0.2) is 24.3 Å². The Bertz CT molecular complexity index is 575. The molecule has 0 atom stereocenters. The molecule has 0 amide bonds. The van der Waals surface area contributed by atoms with Crippen LogP contribution in [0, 0.1) is 5.92 Å². The fourth-order valence-electron chi connectivity index (χ4n) is 2.05. The Balaban J connectivity index is 2.57. The smallest absolute Gasteiger partial charge is 0.222 e. The second kappa shape index (κ2) is 5.14. The van der Waals surface area contributed by atoms with Gasteiger partial charge in [0.2, 0.25) is 5.95 Å². The zero-order valence-electron chi connectivity index (χ0n) is 11.2. The average molecular weight is 257 g/mol. The minimum absolute atomic E-state index is 0.215. The van der Waals surface area contributed by atoms with Gasteiger partial charge in [0.05, 0.1) is 5.69 Å². The van der Waals surface area contributed by atoms with Crippen molar-refractivity contribution in [3.05, 3.63) is 30.0 Å². The lowest BCUT2D eigenvalue weighted by Gasteiger charge is -2.13. The molecule has 0 bridgehead atoms. The van der Waals surface area contributed by atoms with Gasteiger partial charge in [-0.3, -0.25) is 0 Å². The molecule has 1 aromatic heterocycles. The van der Waals surface area contributed by atoms with E-state index in [1.807, 2.05) is 24.3 Å². The molecule has 2 rings (SSSR count). The van der Waals surface area contributed by atoms with Gasteiger partial charge in [-0.1, -0.05) is 26.0 Å². The number of anilines is 3. The largest absolute Gasteiger partial charge is 0.399 e. The summed E-state index contributed by atoms with van der Waals surface area (Å²) in [6.45, 7) is 4.25. The predicted octanol–water partition coefficient (Wildman–Crippen LogP) is 2.09. The van der Waals surface area contributed by atoms with Crippen LogP contribution in [0.25, 0.3) is 11.1 Å². The molecule has 1 heterocycles. The fraction of sp³-hybridized carbons (Fsp3) is 0.286. The minimum atomic E-state index is 0.215. The SMILES string of the molecule is CC(C)Cc1nc(N)nc(N)c1-c1ccc(N)cc1. The van der Waals surface area contributed by atoms with Crippen molar-refractivity contribution in [3.63, 3.8) is 0 Å². The van der Waals surface area contributed by atoms with Crippen LogP contribution in [0.3, 0.4) is 0 Å². The summed E-state index contributed by atoms with van der Waals surface area (Å²) < 4.78 is 0. The fourth-order valence-corrected chi connectivity index (χ4v) is 2.05. The van der Waals surface area contributed by atoms with E-state index in [0.29, 0.717) is 17.4 Å². The second-order valence-corrected chi connectivity index (χ2v) is 5.01. The van der Waals surface area contributed by atoms with Crippen molar-refractivity contribution >= 4 is 17.5 Å². The molecular formula is C14H19N5. The lowest BCUT2D eigenvalue weighted by atomic mass is 9.98. The van der Waals surface area contributed by atoms with Gasteiger partial charge < -0.3 is 17.2 Å². The normalized spacial score (nSPS) is 10.9. The van der Waals surface area contributed by atoms with E-state index in [2.05, 4.69) is 23.8 Å². The lowest BCUT2D eigenvalue weighted by molar-refractivity contribution is 0.636. The highest BCUT2D eigenvalue weighted by Gasteiger charge is 2.14. The summed E-state index contributed by atoms with van der Waals surface area (Å²) in [5, 5.41) is 0. The maximum Gasteiger partial charge on any atom is 0.222 e. The van der Waals surface area contributed by atoms with Crippen LogP contribution >= 0.6 is 0 Å². The number of rotatable bonds is 3. The van der Waals surface area contributed by atoms with E-state index in [0.717, 1.165) is 23.2 Å². The molecule has 0 unspecified atom stereocenters. The molecule has 0 aliphatic rings. The molecule has 5 heteroatoms. The molecule has 19 heavy (non-hydrogen) atoms. The van der Waals surface area contributed by atoms with Crippen LogP contribution in [-0.2, 0) is 6.42 Å². The average Bonchev–Trinajstić information content (AvgIpc) is 2.29. The summed E-state index contributed by atoms with van der Waals surface area (Å²) >= 11 is 0. The van der Waals surface area contributed by atoms with Crippen LogP contribution < -0.4 is 17.2 Å². The number of nitrogens with zero attached hydrogens (tertiary/aromatic N) is 2.